The molecule has 0 saturated carbocycles. The van der Waals surface area contributed by atoms with Gasteiger partial charge in [-0.25, -0.2) is 0 Å². The van der Waals surface area contributed by atoms with Gasteiger partial charge in [0.05, 0.1) is 0 Å². The number of hydrogen-bond donors (Lipinski definition) is 10. The lowest BCUT2D eigenvalue weighted by Gasteiger charge is -2.27. The van der Waals surface area contributed by atoms with E-state index in [0.29, 0.717) is 0 Å². The van der Waals surface area contributed by atoms with E-state index < -0.39 is 42.0 Å². The van der Waals surface area contributed by atoms with Crippen LogP contribution in [0.3, 0.4) is 0 Å². The molecule has 11 N–H and O–H groups in total. The summed E-state index contributed by atoms with van der Waals surface area (Å²) in [5.41, 5.74) is 3.78. The van der Waals surface area contributed by atoms with Crippen molar-refractivity contribution in [2.75, 3.05) is 0 Å². The lowest BCUT2D eigenvalue weighted by Crippen LogP contribution is -2.46. The Hall–Kier alpha value is -0.820. The molecule has 0 spiro atoms. The van der Waals surface area contributed by atoms with E-state index in [-0.39, 0.29) is 0 Å². The Balaban J connectivity index is 5.44. The van der Waals surface area contributed by atoms with E-state index in [4.69, 9.17) is 51.7 Å². The molecule has 0 radical (unpaired) electrons. The predicted molar refractivity (Wildman–Crippen MR) is 49.2 cm³/mol. The van der Waals surface area contributed by atoms with E-state index >= 15 is 0 Å². The van der Waals surface area contributed by atoms with Crippen molar-refractivity contribution >= 4 is 0 Å². The lowest BCUT2D eigenvalue weighted by molar-refractivity contribution is -0.349. The number of aliphatic hydroxyl groups excluding tert-OH is 3. The van der Waals surface area contributed by atoms with Gasteiger partial charge in [0.25, 0.3) is 0 Å². The maximum Gasteiger partial charge on any atom is 0.337 e. The Morgan fingerprint density at radius 2 is 1.41 bits per heavy atom. The first-order valence-electron chi connectivity index (χ1n) is 4.25. The van der Waals surface area contributed by atoms with Gasteiger partial charge in [0, 0.05) is 12.0 Å². The molecular weight excluding hydrogens is 242 g/mol. The van der Waals surface area contributed by atoms with Gasteiger partial charge in [0.2, 0.25) is 0 Å². The van der Waals surface area contributed by atoms with Crippen LogP contribution in [0.4, 0.5) is 0 Å². The SMILES string of the molecule is NC(O)CC(=C(O)C(O)(O)O)C(O)C(O)(O)O. The minimum absolute atomic E-state index is 0.889. The van der Waals surface area contributed by atoms with Gasteiger partial charge in [-0.15, -0.1) is 0 Å². The third-order valence-electron chi connectivity index (χ3n) is 1.75. The van der Waals surface area contributed by atoms with Crippen molar-refractivity contribution in [1.29, 1.82) is 0 Å². The average Bonchev–Trinajstić information content (AvgIpc) is 2.08. The fraction of sp³-hybridized carbons (Fsp3) is 0.714. The topological polar surface area (TPSA) is 208 Å². The average molecular weight is 257 g/mol. The molecule has 2 unspecified atom stereocenters. The van der Waals surface area contributed by atoms with Crippen LogP contribution in [0, 0.1) is 0 Å². The summed E-state index contributed by atoms with van der Waals surface area (Å²) in [7, 11) is 0. The molecular formula is C7H15NO9. The summed E-state index contributed by atoms with van der Waals surface area (Å²) in [4.78, 5) is 0. The van der Waals surface area contributed by atoms with Crippen LogP contribution in [0.15, 0.2) is 11.3 Å². The van der Waals surface area contributed by atoms with E-state index in [0.717, 1.165) is 0 Å². The fourth-order valence-corrected chi connectivity index (χ4v) is 1.01. The minimum atomic E-state index is -3.81. The van der Waals surface area contributed by atoms with Gasteiger partial charge in [-0.3, -0.25) is 0 Å². The monoisotopic (exact) mass is 257 g/mol. The molecule has 0 heterocycles. The number of rotatable bonds is 5. The molecule has 0 aliphatic rings. The highest BCUT2D eigenvalue weighted by atomic mass is 16.7. The van der Waals surface area contributed by atoms with Crippen molar-refractivity contribution in [2.24, 2.45) is 5.73 Å². The maximum atomic E-state index is 9.16. The molecule has 0 aliphatic carbocycles. The summed E-state index contributed by atoms with van der Waals surface area (Å²) >= 11 is 0. The van der Waals surface area contributed by atoms with Crippen molar-refractivity contribution in [2.45, 2.75) is 30.7 Å². The first-order chi connectivity index (χ1) is 7.37. The van der Waals surface area contributed by atoms with Crippen molar-refractivity contribution in [3.8, 4) is 0 Å². The highest BCUT2D eigenvalue weighted by Crippen LogP contribution is 2.23. The maximum absolute atomic E-state index is 9.16. The van der Waals surface area contributed by atoms with Gasteiger partial charge < -0.3 is 51.7 Å². The Morgan fingerprint density at radius 3 is 1.65 bits per heavy atom. The highest BCUT2D eigenvalue weighted by molar-refractivity contribution is 5.18. The largest absolute Gasteiger partial charge is 0.505 e. The van der Waals surface area contributed by atoms with Crippen LogP contribution >= 0.6 is 0 Å². The lowest BCUT2D eigenvalue weighted by atomic mass is 10.0. The second-order valence-corrected chi connectivity index (χ2v) is 3.37. The van der Waals surface area contributed by atoms with Crippen molar-refractivity contribution in [1.82, 2.24) is 0 Å². The van der Waals surface area contributed by atoms with Crippen LogP contribution < -0.4 is 5.73 Å². The molecule has 0 bridgehead atoms. The Bertz CT molecular complexity index is 287. The van der Waals surface area contributed by atoms with Crippen LogP contribution in [0.2, 0.25) is 0 Å². The molecule has 0 saturated heterocycles. The van der Waals surface area contributed by atoms with Gasteiger partial charge >= 0.3 is 11.9 Å². The molecule has 0 aromatic carbocycles. The van der Waals surface area contributed by atoms with Crippen molar-refractivity contribution < 1.29 is 46.0 Å². The summed E-state index contributed by atoms with van der Waals surface area (Å²) in [6.07, 6.45) is -5.28. The Kier molecular flexibility index (Phi) is 4.97. The highest BCUT2D eigenvalue weighted by Gasteiger charge is 2.40. The smallest absolute Gasteiger partial charge is 0.337 e. The Labute approximate surface area is 94.7 Å². The molecule has 0 amide bonds. The zero-order chi connectivity index (χ0) is 14.0. The van der Waals surface area contributed by atoms with E-state index in [1.807, 2.05) is 0 Å². The summed E-state index contributed by atoms with van der Waals surface area (Å²) in [6, 6.07) is 0. The molecule has 0 fully saturated rings. The standard InChI is InChI=1S/C7H15NO9/c8-3(9)1-2(4(10)6(12,13)14)5(11)7(15,16)17/h3-4,9-17H,1,8H2. The summed E-state index contributed by atoms with van der Waals surface area (Å²) in [5.74, 6) is -9.27. The van der Waals surface area contributed by atoms with Crippen LogP contribution in [0.5, 0.6) is 0 Å². The van der Waals surface area contributed by atoms with Crippen LogP contribution in [-0.4, -0.2) is 70.2 Å². The Morgan fingerprint density at radius 1 is 1.00 bits per heavy atom. The summed E-state index contributed by atoms with van der Waals surface area (Å²) in [6.45, 7) is 0. The molecule has 0 aromatic heterocycles. The molecule has 10 nitrogen and oxygen atoms in total. The second kappa shape index (κ2) is 5.22. The number of aliphatic hydroxyl groups is 9. The zero-order valence-corrected chi connectivity index (χ0v) is 8.46. The minimum Gasteiger partial charge on any atom is -0.505 e. The van der Waals surface area contributed by atoms with Gasteiger partial charge in [-0.2, -0.15) is 0 Å². The quantitative estimate of drug-likeness (QED) is 0.167. The number of nitrogens with two attached hydrogens (primary N) is 1. The van der Waals surface area contributed by atoms with Gasteiger partial charge in [0.1, 0.15) is 6.23 Å². The molecule has 102 valence electrons. The van der Waals surface area contributed by atoms with Gasteiger partial charge in [-0.05, 0) is 0 Å². The summed E-state index contributed by atoms with van der Waals surface area (Å²) < 4.78 is 0. The van der Waals surface area contributed by atoms with Gasteiger partial charge in [-0.1, -0.05) is 0 Å². The van der Waals surface area contributed by atoms with Crippen LogP contribution in [-0.2, 0) is 0 Å². The van der Waals surface area contributed by atoms with E-state index in [9.17, 15) is 0 Å². The first kappa shape index (κ1) is 16.2. The molecule has 0 rings (SSSR count). The third kappa shape index (κ3) is 4.91. The third-order valence-corrected chi connectivity index (χ3v) is 1.75. The summed E-state index contributed by atoms with van der Waals surface area (Å²) in [5, 5.41) is 78.8. The normalized spacial score (nSPS) is 18.6. The van der Waals surface area contributed by atoms with E-state index in [1.54, 1.807) is 0 Å². The van der Waals surface area contributed by atoms with Crippen molar-refractivity contribution in [3.05, 3.63) is 11.3 Å². The zero-order valence-electron chi connectivity index (χ0n) is 8.46. The molecule has 2 atom stereocenters. The first-order valence-corrected chi connectivity index (χ1v) is 4.25. The van der Waals surface area contributed by atoms with Crippen LogP contribution in [0.1, 0.15) is 6.42 Å². The predicted octanol–water partition coefficient (Wildman–Crippen LogP) is -4.91. The van der Waals surface area contributed by atoms with Crippen LogP contribution in [0.25, 0.3) is 0 Å². The number of hydrogen-bond acceptors (Lipinski definition) is 10. The molecule has 17 heavy (non-hydrogen) atoms. The molecule has 0 aliphatic heterocycles. The molecule has 0 aromatic rings. The fourth-order valence-electron chi connectivity index (χ4n) is 1.01. The second-order valence-electron chi connectivity index (χ2n) is 3.37. The van der Waals surface area contributed by atoms with Crippen molar-refractivity contribution in [3.63, 3.8) is 0 Å². The van der Waals surface area contributed by atoms with Gasteiger partial charge in [0.15, 0.2) is 11.9 Å². The van der Waals surface area contributed by atoms with E-state index in [2.05, 4.69) is 0 Å². The molecule has 10 heteroatoms. The van der Waals surface area contributed by atoms with E-state index in [1.165, 1.54) is 0 Å².